The van der Waals surface area contributed by atoms with E-state index in [1.54, 1.807) is 11.3 Å². The van der Waals surface area contributed by atoms with Crippen LogP contribution in [0, 0.1) is 2.88 Å². The van der Waals surface area contributed by atoms with Crippen molar-refractivity contribution in [3.8, 4) is 0 Å². The van der Waals surface area contributed by atoms with E-state index in [4.69, 9.17) is 10.5 Å². The van der Waals surface area contributed by atoms with Gasteiger partial charge in [-0.25, -0.2) is 0 Å². The molecule has 1 fully saturated rings. The quantitative estimate of drug-likeness (QED) is 0.737. The summed E-state index contributed by atoms with van der Waals surface area (Å²) in [5, 5.41) is 2.94. The van der Waals surface area contributed by atoms with Gasteiger partial charge in [-0.2, -0.15) is 0 Å². The van der Waals surface area contributed by atoms with Crippen molar-refractivity contribution in [3.05, 3.63) is 19.9 Å². The number of carbonyl (C=O) groups excluding carboxylic acids is 1. The molecule has 1 aromatic heterocycles. The van der Waals surface area contributed by atoms with Gasteiger partial charge in [-0.1, -0.05) is 0 Å². The SMILES string of the molecule is Cl.NC1(C(=O)NCCc2ccc(I)s2)CCOCC1. The monoisotopic (exact) mass is 416 g/mol. The van der Waals surface area contributed by atoms with Gasteiger partial charge in [-0.15, -0.1) is 23.7 Å². The average molecular weight is 417 g/mol. The van der Waals surface area contributed by atoms with Crippen LogP contribution in [0.1, 0.15) is 17.7 Å². The third-order valence-corrected chi connectivity index (χ3v) is 5.08. The number of rotatable bonds is 4. The van der Waals surface area contributed by atoms with E-state index in [0.717, 1.165) is 6.42 Å². The van der Waals surface area contributed by atoms with Gasteiger partial charge in [-0.05, 0) is 54.0 Å². The first-order chi connectivity index (χ1) is 8.60. The minimum absolute atomic E-state index is 0. The van der Waals surface area contributed by atoms with Crippen molar-refractivity contribution in [3.63, 3.8) is 0 Å². The molecule has 2 rings (SSSR count). The summed E-state index contributed by atoms with van der Waals surface area (Å²) >= 11 is 4.06. The molecule has 4 nitrogen and oxygen atoms in total. The van der Waals surface area contributed by atoms with Crippen LogP contribution in [0.25, 0.3) is 0 Å². The molecule has 0 atom stereocenters. The molecule has 1 amide bonds. The van der Waals surface area contributed by atoms with Gasteiger partial charge in [0.15, 0.2) is 0 Å². The number of carbonyl (C=O) groups is 1. The molecule has 0 aliphatic carbocycles. The van der Waals surface area contributed by atoms with Crippen LogP contribution >= 0.6 is 46.3 Å². The molecule has 108 valence electrons. The largest absolute Gasteiger partial charge is 0.381 e. The molecule has 1 saturated heterocycles. The fraction of sp³-hybridized carbons (Fsp3) is 0.583. The fourth-order valence-corrected chi connectivity index (χ4v) is 3.68. The Bertz CT molecular complexity index is 422. The lowest BCUT2D eigenvalue weighted by atomic mass is 9.90. The van der Waals surface area contributed by atoms with Crippen molar-refractivity contribution in [1.29, 1.82) is 0 Å². The lowest BCUT2D eigenvalue weighted by Gasteiger charge is -2.31. The maximum atomic E-state index is 12.0. The Labute approximate surface area is 137 Å². The third kappa shape index (κ3) is 4.86. The highest BCUT2D eigenvalue weighted by Crippen LogP contribution is 2.19. The van der Waals surface area contributed by atoms with Crippen molar-refractivity contribution < 1.29 is 9.53 Å². The van der Waals surface area contributed by atoms with Crippen molar-refractivity contribution in [2.45, 2.75) is 24.8 Å². The topological polar surface area (TPSA) is 64.4 Å². The predicted octanol–water partition coefficient (Wildman–Crippen LogP) is 1.94. The lowest BCUT2D eigenvalue weighted by Crippen LogP contribution is -2.57. The van der Waals surface area contributed by atoms with E-state index >= 15 is 0 Å². The van der Waals surface area contributed by atoms with E-state index in [-0.39, 0.29) is 18.3 Å². The molecule has 19 heavy (non-hydrogen) atoms. The van der Waals surface area contributed by atoms with E-state index in [9.17, 15) is 4.79 Å². The van der Waals surface area contributed by atoms with E-state index in [2.05, 4.69) is 40.0 Å². The van der Waals surface area contributed by atoms with Gasteiger partial charge in [0.2, 0.25) is 5.91 Å². The van der Waals surface area contributed by atoms with Gasteiger partial charge in [0.1, 0.15) is 0 Å². The number of hydrogen-bond donors (Lipinski definition) is 2. The Balaban J connectivity index is 0.00000180. The van der Waals surface area contributed by atoms with Crippen molar-refractivity contribution >= 4 is 52.2 Å². The van der Waals surface area contributed by atoms with Crippen LogP contribution in [-0.2, 0) is 16.0 Å². The predicted molar refractivity (Wildman–Crippen MR) is 88.0 cm³/mol. The van der Waals surface area contributed by atoms with Gasteiger partial charge < -0.3 is 15.8 Å². The number of thiophene rings is 1. The maximum absolute atomic E-state index is 12.0. The van der Waals surface area contributed by atoms with Crippen LogP contribution in [0.5, 0.6) is 0 Å². The Kier molecular flexibility index (Phi) is 7.02. The highest BCUT2D eigenvalue weighted by Gasteiger charge is 2.35. The molecule has 1 aliphatic heterocycles. The Morgan fingerprint density at radius 1 is 1.47 bits per heavy atom. The molecule has 0 radical (unpaired) electrons. The van der Waals surface area contributed by atoms with Crippen molar-refractivity contribution in [2.24, 2.45) is 5.73 Å². The third-order valence-electron chi connectivity index (χ3n) is 3.12. The second-order valence-electron chi connectivity index (χ2n) is 4.48. The fourth-order valence-electron chi connectivity index (χ4n) is 1.92. The molecule has 0 aromatic carbocycles. The second-order valence-corrected chi connectivity index (χ2v) is 7.54. The summed E-state index contributed by atoms with van der Waals surface area (Å²) in [6.45, 7) is 1.80. The lowest BCUT2D eigenvalue weighted by molar-refractivity contribution is -0.129. The average Bonchev–Trinajstić information content (AvgIpc) is 2.76. The number of nitrogens with two attached hydrogens (primary N) is 1. The normalized spacial score (nSPS) is 17.6. The molecule has 1 aliphatic rings. The standard InChI is InChI=1S/C12H17IN2O2S.ClH/c13-10-2-1-9(18-10)3-6-15-11(16)12(14)4-7-17-8-5-12;/h1-2H,3-8,14H2,(H,15,16);1H. The summed E-state index contributed by atoms with van der Waals surface area (Å²) in [6, 6.07) is 4.19. The number of ether oxygens (including phenoxy) is 1. The van der Waals surface area contributed by atoms with Crippen molar-refractivity contribution in [2.75, 3.05) is 19.8 Å². The van der Waals surface area contributed by atoms with Crippen molar-refractivity contribution in [1.82, 2.24) is 5.32 Å². The Morgan fingerprint density at radius 2 is 2.16 bits per heavy atom. The number of hydrogen-bond acceptors (Lipinski definition) is 4. The van der Waals surface area contributed by atoms with E-state index in [1.165, 1.54) is 7.76 Å². The zero-order valence-corrected chi connectivity index (χ0v) is 14.3. The van der Waals surface area contributed by atoms with Crippen LogP contribution < -0.4 is 11.1 Å². The minimum atomic E-state index is -0.734. The van der Waals surface area contributed by atoms with Crippen LogP contribution in [0.4, 0.5) is 0 Å². The Morgan fingerprint density at radius 3 is 2.74 bits per heavy atom. The summed E-state index contributed by atoms with van der Waals surface area (Å²) in [5.41, 5.74) is 5.36. The molecule has 0 unspecified atom stereocenters. The van der Waals surface area contributed by atoms with Crippen LogP contribution in [0.15, 0.2) is 12.1 Å². The van der Waals surface area contributed by atoms with E-state index in [1.807, 2.05) is 0 Å². The zero-order chi connectivity index (χ0) is 13.0. The summed E-state index contributed by atoms with van der Waals surface area (Å²) in [4.78, 5) is 13.3. The summed E-state index contributed by atoms with van der Waals surface area (Å²) in [6.07, 6.45) is 2.08. The van der Waals surface area contributed by atoms with E-state index < -0.39 is 5.54 Å². The van der Waals surface area contributed by atoms with Crippen LogP contribution in [-0.4, -0.2) is 31.2 Å². The summed E-state index contributed by atoms with van der Waals surface area (Å²) in [5.74, 6) is -0.0444. The van der Waals surface area contributed by atoms with E-state index in [0.29, 0.717) is 32.6 Å². The molecule has 7 heteroatoms. The minimum Gasteiger partial charge on any atom is -0.381 e. The number of halogens is 2. The first-order valence-corrected chi connectivity index (χ1v) is 7.89. The first-order valence-electron chi connectivity index (χ1n) is 5.99. The molecule has 3 N–H and O–H groups in total. The van der Waals surface area contributed by atoms with Gasteiger partial charge in [0.05, 0.1) is 8.42 Å². The van der Waals surface area contributed by atoms with Gasteiger partial charge >= 0.3 is 0 Å². The summed E-state index contributed by atoms with van der Waals surface area (Å²) in [7, 11) is 0. The highest BCUT2D eigenvalue weighted by atomic mass is 127. The zero-order valence-electron chi connectivity index (χ0n) is 10.5. The van der Waals surface area contributed by atoms with Gasteiger partial charge in [0.25, 0.3) is 0 Å². The molecular formula is C12H18ClIN2O2S. The molecule has 0 bridgehead atoms. The Hall–Kier alpha value is 0.110. The molecule has 2 heterocycles. The maximum Gasteiger partial charge on any atom is 0.240 e. The summed E-state index contributed by atoms with van der Waals surface area (Å²) < 4.78 is 6.50. The second kappa shape index (κ2) is 7.78. The number of amides is 1. The highest BCUT2D eigenvalue weighted by molar-refractivity contribution is 14.1. The molecular weight excluding hydrogens is 399 g/mol. The smallest absolute Gasteiger partial charge is 0.240 e. The molecule has 1 aromatic rings. The van der Waals surface area contributed by atoms with Gasteiger partial charge in [0, 0.05) is 24.6 Å². The molecule has 0 saturated carbocycles. The first kappa shape index (κ1) is 17.2. The number of nitrogens with one attached hydrogen (secondary N) is 1. The van der Waals surface area contributed by atoms with Crippen LogP contribution in [0.2, 0.25) is 0 Å². The molecule has 0 spiro atoms. The van der Waals surface area contributed by atoms with Crippen LogP contribution in [0.3, 0.4) is 0 Å². The van der Waals surface area contributed by atoms with Gasteiger partial charge in [-0.3, -0.25) is 4.79 Å².